The second kappa shape index (κ2) is 9.07. The van der Waals surface area contributed by atoms with Crippen LogP contribution in [-0.2, 0) is 17.5 Å². The molecule has 176 valence electrons. The number of benzene rings is 2. The molecule has 0 spiro atoms. The molecular formula is C24H25F3NO5+. The van der Waals surface area contributed by atoms with Crippen molar-refractivity contribution in [2.45, 2.75) is 32.5 Å². The van der Waals surface area contributed by atoms with Crippen LogP contribution in [-0.4, -0.2) is 31.4 Å². The first kappa shape index (κ1) is 23.1. The average molecular weight is 464 g/mol. The van der Waals surface area contributed by atoms with E-state index in [1.54, 1.807) is 18.2 Å². The molecule has 4 rings (SSSR count). The Labute approximate surface area is 188 Å². The number of rotatable bonds is 5. The Morgan fingerprint density at radius 3 is 2.48 bits per heavy atom. The molecule has 2 N–H and O–H groups in total. The van der Waals surface area contributed by atoms with E-state index in [1.165, 1.54) is 18.2 Å². The van der Waals surface area contributed by atoms with Crippen molar-refractivity contribution in [3.63, 3.8) is 0 Å². The zero-order valence-electron chi connectivity index (χ0n) is 18.3. The van der Waals surface area contributed by atoms with Crippen molar-refractivity contribution in [2.75, 3.05) is 26.3 Å². The van der Waals surface area contributed by atoms with Crippen molar-refractivity contribution < 1.29 is 37.1 Å². The maximum Gasteiger partial charge on any atom is 0.453 e. The zero-order valence-corrected chi connectivity index (χ0v) is 18.3. The van der Waals surface area contributed by atoms with Gasteiger partial charge in [0.1, 0.15) is 31.1 Å². The van der Waals surface area contributed by atoms with Crippen LogP contribution in [0.25, 0.3) is 11.0 Å². The Kier molecular flexibility index (Phi) is 6.36. The number of halogens is 3. The van der Waals surface area contributed by atoms with Gasteiger partial charge in [0.2, 0.25) is 11.2 Å². The van der Waals surface area contributed by atoms with E-state index in [2.05, 4.69) is 0 Å². The summed E-state index contributed by atoms with van der Waals surface area (Å²) in [6, 6.07) is 9.18. The first-order chi connectivity index (χ1) is 15.7. The van der Waals surface area contributed by atoms with Crippen LogP contribution < -0.4 is 15.1 Å². The summed E-state index contributed by atoms with van der Waals surface area (Å²) >= 11 is 0. The number of alkyl halides is 3. The van der Waals surface area contributed by atoms with E-state index in [0.717, 1.165) is 4.90 Å². The Bertz CT molecular complexity index is 1210. The quantitative estimate of drug-likeness (QED) is 0.600. The van der Waals surface area contributed by atoms with Gasteiger partial charge in [-0.2, -0.15) is 13.2 Å². The van der Waals surface area contributed by atoms with Gasteiger partial charge in [-0.1, -0.05) is 32.0 Å². The van der Waals surface area contributed by atoms with Crippen LogP contribution in [0.3, 0.4) is 0 Å². The standard InChI is InChI=1S/C24H24F3NO5/c1-14(2)15-5-3-4-6-19(15)32-22-20(30)16-7-8-18(29)17(13-28-9-11-31-12-10-28)21(16)33-23(22)24(25,26)27/h3-8,14,29H,9-13H2,1-2H3/p+1. The number of phenolic OH excluding ortho intramolecular Hbond substituents is 1. The number of aromatic hydroxyl groups is 1. The monoisotopic (exact) mass is 464 g/mol. The van der Waals surface area contributed by atoms with Crippen LogP contribution in [0, 0.1) is 0 Å². The number of para-hydroxylation sites is 1. The third-order valence-electron chi connectivity index (χ3n) is 5.73. The van der Waals surface area contributed by atoms with Gasteiger partial charge in [-0.3, -0.25) is 4.79 Å². The molecule has 0 bridgehead atoms. The summed E-state index contributed by atoms with van der Waals surface area (Å²) in [5.74, 6) is -2.55. The first-order valence-corrected chi connectivity index (χ1v) is 10.7. The molecule has 0 amide bonds. The largest absolute Gasteiger partial charge is 0.507 e. The molecule has 33 heavy (non-hydrogen) atoms. The van der Waals surface area contributed by atoms with Crippen molar-refractivity contribution >= 4 is 11.0 Å². The Hall–Kier alpha value is -3.04. The van der Waals surface area contributed by atoms with E-state index >= 15 is 0 Å². The molecule has 1 aliphatic heterocycles. The van der Waals surface area contributed by atoms with Crippen molar-refractivity contribution in [1.82, 2.24) is 0 Å². The maximum atomic E-state index is 14.0. The average Bonchev–Trinajstić information content (AvgIpc) is 2.77. The Morgan fingerprint density at radius 1 is 1.12 bits per heavy atom. The van der Waals surface area contributed by atoms with Crippen molar-refractivity contribution in [1.29, 1.82) is 0 Å². The molecule has 2 heterocycles. The molecule has 0 aliphatic carbocycles. The highest BCUT2D eigenvalue weighted by atomic mass is 19.4. The van der Waals surface area contributed by atoms with Crippen molar-refractivity contribution in [3.8, 4) is 17.2 Å². The van der Waals surface area contributed by atoms with Crippen LogP contribution in [0.4, 0.5) is 13.2 Å². The minimum Gasteiger partial charge on any atom is -0.507 e. The first-order valence-electron chi connectivity index (χ1n) is 10.7. The zero-order chi connectivity index (χ0) is 23.8. The van der Waals surface area contributed by atoms with E-state index in [0.29, 0.717) is 31.9 Å². The number of morpholine rings is 1. The van der Waals surface area contributed by atoms with E-state index in [1.807, 2.05) is 13.8 Å². The van der Waals surface area contributed by atoms with Gasteiger partial charge in [-0.15, -0.1) is 0 Å². The van der Waals surface area contributed by atoms with E-state index in [4.69, 9.17) is 13.9 Å². The fourth-order valence-electron chi connectivity index (χ4n) is 3.98. The molecular weight excluding hydrogens is 439 g/mol. The summed E-state index contributed by atoms with van der Waals surface area (Å²) < 4.78 is 58.2. The fraction of sp³-hybridized carbons (Fsp3) is 0.375. The highest BCUT2D eigenvalue weighted by Gasteiger charge is 2.41. The summed E-state index contributed by atoms with van der Waals surface area (Å²) in [6.45, 7) is 6.21. The van der Waals surface area contributed by atoms with Crippen LogP contribution >= 0.6 is 0 Å². The lowest BCUT2D eigenvalue weighted by Gasteiger charge is -2.24. The van der Waals surface area contributed by atoms with E-state index in [-0.39, 0.29) is 40.5 Å². The van der Waals surface area contributed by atoms with Gasteiger partial charge in [0, 0.05) is 0 Å². The van der Waals surface area contributed by atoms with Crippen LogP contribution in [0.2, 0.25) is 0 Å². The number of hydrogen-bond acceptors (Lipinski definition) is 5. The van der Waals surface area contributed by atoms with Crippen molar-refractivity contribution in [3.05, 3.63) is 63.5 Å². The van der Waals surface area contributed by atoms with Crippen molar-refractivity contribution in [2.24, 2.45) is 0 Å². The molecule has 1 aromatic heterocycles. The number of nitrogens with one attached hydrogen (secondary N) is 1. The third-order valence-corrected chi connectivity index (χ3v) is 5.73. The summed E-state index contributed by atoms with van der Waals surface area (Å²) in [6.07, 6.45) is -4.98. The Balaban J connectivity index is 1.89. The predicted molar refractivity (Wildman–Crippen MR) is 115 cm³/mol. The molecule has 6 nitrogen and oxygen atoms in total. The molecule has 0 saturated carbocycles. The van der Waals surface area contributed by atoms with Gasteiger partial charge in [-0.25, -0.2) is 0 Å². The SMILES string of the molecule is CC(C)c1ccccc1Oc1c(C(F)(F)F)oc2c(C[NH+]3CCOCC3)c(O)ccc2c1=O. The molecule has 3 aromatic rings. The van der Waals surface area contributed by atoms with Gasteiger partial charge in [0.05, 0.1) is 24.2 Å². The minimum atomic E-state index is -4.98. The van der Waals surface area contributed by atoms with Gasteiger partial charge in [0.15, 0.2) is 5.58 Å². The van der Waals surface area contributed by atoms with Gasteiger partial charge in [-0.05, 0) is 29.7 Å². The van der Waals surface area contributed by atoms with Gasteiger partial charge < -0.3 is 23.9 Å². The second-order valence-corrected chi connectivity index (χ2v) is 8.36. The Morgan fingerprint density at radius 2 is 1.82 bits per heavy atom. The summed E-state index contributed by atoms with van der Waals surface area (Å²) in [4.78, 5) is 14.2. The van der Waals surface area contributed by atoms with Gasteiger partial charge >= 0.3 is 6.18 Å². The number of fused-ring (bicyclic) bond motifs is 1. The molecule has 9 heteroatoms. The van der Waals surface area contributed by atoms with E-state index in [9.17, 15) is 23.1 Å². The number of quaternary nitrogens is 1. The second-order valence-electron chi connectivity index (χ2n) is 8.36. The lowest BCUT2D eigenvalue weighted by atomic mass is 10.0. The number of ether oxygens (including phenoxy) is 2. The number of phenols is 1. The normalized spacial score (nSPS) is 15.3. The molecule has 2 aromatic carbocycles. The smallest absolute Gasteiger partial charge is 0.453 e. The maximum absolute atomic E-state index is 14.0. The third kappa shape index (κ3) is 4.69. The molecule has 0 unspecified atom stereocenters. The fourth-order valence-corrected chi connectivity index (χ4v) is 3.98. The molecule has 1 aliphatic rings. The van der Waals surface area contributed by atoms with E-state index < -0.39 is 23.1 Å². The lowest BCUT2D eigenvalue weighted by molar-refractivity contribution is -0.921. The van der Waals surface area contributed by atoms with Crippen LogP contribution in [0.5, 0.6) is 17.2 Å². The van der Waals surface area contributed by atoms with Crippen LogP contribution in [0.15, 0.2) is 45.6 Å². The number of hydrogen-bond donors (Lipinski definition) is 2. The predicted octanol–water partition coefficient (Wildman–Crippen LogP) is 3.85. The van der Waals surface area contributed by atoms with Crippen LogP contribution in [0.1, 0.15) is 36.7 Å². The summed E-state index contributed by atoms with van der Waals surface area (Å²) in [5.41, 5.74) is -0.412. The topological polar surface area (TPSA) is 73.3 Å². The highest BCUT2D eigenvalue weighted by Crippen LogP contribution is 2.40. The highest BCUT2D eigenvalue weighted by molar-refractivity contribution is 5.83. The lowest BCUT2D eigenvalue weighted by Crippen LogP contribution is -3.12. The molecule has 1 saturated heterocycles. The summed E-state index contributed by atoms with van der Waals surface area (Å²) in [5, 5.41) is 10.3. The summed E-state index contributed by atoms with van der Waals surface area (Å²) in [7, 11) is 0. The minimum absolute atomic E-state index is 0.0388. The molecule has 0 radical (unpaired) electrons. The molecule has 0 atom stereocenters. The van der Waals surface area contributed by atoms with Gasteiger partial charge in [0.25, 0.3) is 5.76 Å². The molecule has 1 fully saturated rings.